The van der Waals surface area contributed by atoms with Crippen LogP contribution in [-0.4, -0.2) is 17.3 Å². The highest BCUT2D eigenvalue weighted by atomic mass is 16.3. The van der Waals surface area contributed by atoms with E-state index < -0.39 is 0 Å². The molecule has 2 nitrogen and oxygen atoms in total. The largest absolute Gasteiger partial charge is 0.393 e. The fraction of sp³-hybridized carbons (Fsp3) is 0.500. The van der Waals surface area contributed by atoms with Crippen molar-refractivity contribution in [1.29, 1.82) is 0 Å². The summed E-state index contributed by atoms with van der Waals surface area (Å²) in [6, 6.07) is 8.93. The van der Waals surface area contributed by atoms with Crippen LogP contribution in [0.5, 0.6) is 0 Å². The Morgan fingerprint density at radius 1 is 1.36 bits per heavy atom. The monoisotopic (exact) mass is 191 g/mol. The van der Waals surface area contributed by atoms with Gasteiger partial charge >= 0.3 is 0 Å². The van der Waals surface area contributed by atoms with E-state index in [1.54, 1.807) is 0 Å². The second kappa shape index (κ2) is 4.11. The molecule has 1 aromatic carbocycles. The fourth-order valence-corrected chi connectivity index (χ4v) is 1.82. The van der Waals surface area contributed by atoms with Crippen molar-refractivity contribution in [2.24, 2.45) is 0 Å². The molecule has 0 unspecified atom stereocenters. The normalized spacial score (nSPS) is 25.9. The van der Waals surface area contributed by atoms with E-state index >= 15 is 0 Å². The first kappa shape index (κ1) is 9.69. The molecule has 76 valence electrons. The topological polar surface area (TPSA) is 32.3 Å². The van der Waals surface area contributed by atoms with E-state index in [2.05, 4.69) is 36.5 Å². The van der Waals surface area contributed by atoms with Crippen LogP contribution in [0, 0.1) is 6.92 Å². The number of hydrogen-bond donors (Lipinski definition) is 2. The van der Waals surface area contributed by atoms with E-state index in [-0.39, 0.29) is 6.10 Å². The lowest BCUT2D eigenvalue weighted by molar-refractivity contribution is 0.0619. The third-order valence-corrected chi connectivity index (χ3v) is 2.96. The molecule has 1 aliphatic rings. The van der Waals surface area contributed by atoms with Crippen molar-refractivity contribution in [3.8, 4) is 0 Å². The summed E-state index contributed by atoms with van der Waals surface area (Å²) >= 11 is 0. The Balaban J connectivity index is 1.83. The van der Waals surface area contributed by atoms with Gasteiger partial charge in [0, 0.05) is 12.6 Å². The predicted molar refractivity (Wildman–Crippen MR) is 57.0 cm³/mol. The molecule has 2 heteroatoms. The molecule has 1 saturated carbocycles. The second-order valence-electron chi connectivity index (χ2n) is 4.13. The summed E-state index contributed by atoms with van der Waals surface area (Å²) in [5.74, 6) is 0. The zero-order valence-corrected chi connectivity index (χ0v) is 8.53. The van der Waals surface area contributed by atoms with Crippen LogP contribution < -0.4 is 5.32 Å². The average Bonchev–Trinajstić information content (AvgIpc) is 2.13. The van der Waals surface area contributed by atoms with Crippen LogP contribution in [0.4, 0.5) is 0 Å². The summed E-state index contributed by atoms with van der Waals surface area (Å²) in [5.41, 5.74) is 2.69. The van der Waals surface area contributed by atoms with Gasteiger partial charge < -0.3 is 10.4 Å². The molecule has 0 spiro atoms. The molecule has 14 heavy (non-hydrogen) atoms. The number of aryl methyl sites for hydroxylation is 1. The van der Waals surface area contributed by atoms with Crippen LogP contribution in [-0.2, 0) is 6.54 Å². The highest BCUT2D eigenvalue weighted by Gasteiger charge is 2.26. The van der Waals surface area contributed by atoms with Gasteiger partial charge in [0.25, 0.3) is 0 Å². The minimum absolute atomic E-state index is 0.0654. The maximum absolute atomic E-state index is 9.13. The highest BCUT2D eigenvalue weighted by Crippen LogP contribution is 2.20. The quantitative estimate of drug-likeness (QED) is 0.760. The van der Waals surface area contributed by atoms with Gasteiger partial charge in [-0.2, -0.15) is 0 Å². The molecular formula is C12H17NO. The van der Waals surface area contributed by atoms with Gasteiger partial charge in [-0.05, 0) is 30.9 Å². The van der Waals surface area contributed by atoms with Crippen molar-refractivity contribution >= 4 is 0 Å². The molecule has 0 amide bonds. The summed E-state index contributed by atoms with van der Waals surface area (Å²) < 4.78 is 0. The molecule has 0 heterocycles. The van der Waals surface area contributed by atoms with Gasteiger partial charge in [-0.25, -0.2) is 0 Å². The van der Waals surface area contributed by atoms with E-state index in [4.69, 9.17) is 5.11 Å². The van der Waals surface area contributed by atoms with E-state index in [0.717, 1.165) is 19.4 Å². The van der Waals surface area contributed by atoms with E-state index in [1.807, 2.05) is 0 Å². The molecule has 1 aliphatic carbocycles. The van der Waals surface area contributed by atoms with Crippen LogP contribution in [0.15, 0.2) is 24.3 Å². The Morgan fingerprint density at radius 2 is 2.07 bits per heavy atom. The molecule has 0 aromatic heterocycles. The average molecular weight is 191 g/mol. The Labute approximate surface area is 85.0 Å². The third kappa shape index (κ3) is 2.14. The van der Waals surface area contributed by atoms with Gasteiger partial charge in [-0.3, -0.25) is 0 Å². The first-order valence-electron chi connectivity index (χ1n) is 5.21. The van der Waals surface area contributed by atoms with Gasteiger partial charge in [0.2, 0.25) is 0 Å². The maximum atomic E-state index is 9.13. The number of aliphatic hydroxyl groups is 1. The second-order valence-corrected chi connectivity index (χ2v) is 4.13. The van der Waals surface area contributed by atoms with Crippen LogP contribution in [0.25, 0.3) is 0 Å². The molecular weight excluding hydrogens is 174 g/mol. The smallest absolute Gasteiger partial charge is 0.0570 e. The van der Waals surface area contributed by atoms with Crippen LogP contribution in [0.3, 0.4) is 0 Å². The van der Waals surface area contributed by atoms with Gasteiger partial charge in [-0.1, -0.05) is 24.3 Å². The summed E-state index contributed by atoms with van der Waals surface area (Å²) in [6.45, 7) is 3.05. The van der Waals surface area contributed by atoms with E-state index in [9.17, 15) is 0 Å². The summed E-state index contributed by atoms with van der Waals surface area (Å²) in [6.07, 6.45) is 1.75. The summed E-state index contributed by atoms with van der Waals surface area (Å²) in [7, 11) is 0. The molecule has 0 bridgehead atoms. The number of benzene rings is 1. The molecule has 2 rings (SSSR count). The van der Waals surface area contributed by atoms with Gasteiger partial charge in [-0.15, -0.1) is 0 Å². The number of hydrogen-bond acceptors (Lipinski definition) is 2. The number of aliphatic hydroxyl groups excluding tert-OH is 1. The van der Waals surface area contributed by atoms with Crippen molar-refractivity contribution < 1.29 is 5.11 Å². The van der Waals surface area contributed by atoms with E-state index in [0.29, 0.717) is 6.04 Å². The van der Waals surface area contributed by atoms with Gasteiger partial charge in [0.15, 0.2) is 0 Å². The predicted octanol–water partition coefficient (Wildman–Crippen LogP) is 1.61. The Hall–Kier alpha value is -0.860. The lowest BCUT2D eigenvalue weighted by Crippen LogP contribution is -2.43. The van der Waals surface area contributed by atoms with Crippen molar-refractivity contribution in [2.75, 3.05) is 0 Å². The lowest BCUT2D eigenvalue weighted by Gasteiger charge is -2.32. The highest BCUT2D eigenvalue weighted by molar-refractivity contribution is 5.25. The zero-order chi connectivity index (χ0) is 9.97. The van der Waals surface area contributed by atoms with Crippen molar-refractivity contribution in [2.45, 2.75) is 38.5 Å². The van der Waals surface area contributed by atoms with Crippen LogP contribution in [0.1, 0.15) is 24.0 Å². The van der Waals surface area contributed by atoms with Crippen molar-refractivity contribution in [3.05, 3.63) is 35.4 Å². The lowest BCUT2D eigenvalue weighted by atomic mass is 9.89. The molecule has 0 aliphatic heterocycles. The van der Waals surface area contributed by atoms with Crippen LogP contribution in [0.2, 0.25) is 0 Å². The van der Waals surface area contributed by atoms with Gasteiger partial charge in [0.05, 0.1) is 6.10 Å². The molecule has 0 saturated heterocycles. The Bertz CT molecular complexity index is 305. The van der Waals surface area contributed by atoms with Crippen molar-refractivity contribution in [3.63, 3.8) is 0 Å². The SMILES string of the molecule is Cc1ccccc1CNC1CC(O)C1. The number of nitrogens with one attached hydrogen (secondary N) is 1. The molecule has 1 aromatic rings. The molecule has 1 fully saturated rings. The Morgan fingerprint density at radius 3 is 2.71 bits per heavy atom. The van der Waals surface area contributed by atoms with Gasteiger partial charge in [0.1, 0.15) is 0 Å². The van der Waals surface area contributed by atoms with E-state index in [1.165, 1.54) is 11.1 Å². The standard InChI is InChI=1S/C12H17NO/c1-9-4-2-3-5-10(9)8-13-11-6-12(14)7-11/h2-5,11-14H,6-8H2,1H3. The molecule has 2 N–H and O–H groups in total. The third-order valence-electron chi connectivity index (χ3n) is 2.96. The van der Waals surface area contributed by atoms with Crippen LogP contribution >= 0.6 is 0 Å². The minimum atomic E-state index is -0.0654. The zero-order valence-electron chi connectivity index (χ0n) is 8.53. The minimum Gasteiger partial charge on any atom is -0.393 e. The molecule has 0 atom stereocenters. The van der Waals surface area contributed by atoms with Crippen molar-refractivity contribution in [1.82, 2.24) is 5.32 Å². The first-order chi connectivity index (χ1) is 6.75. The fourth-order valence-electron chi connectivity index (χ4n) is 1.82. The first-order valence-corrected chi connectivity index (χ1v) is 5.21. The maximum Gasteiger partial charge on any atom is 0.0570 e. The number of rotatable bonds is 3. The summed E-state index contributed by atoms with van der Waals surface area (Å²) in [5, 5.41) is 12.6. The summed E-state index contributed by atoms with van der Waals surface area (Å²) in [4.78, 5) is 0. The Kier molecular flexibility index (Phi) is 2.85. The molecule has 0 radical (unpaired) electrons.